The number of amides is 2. The lowest BCUT2D eigenvalue weighted by Crippen LogP contribution is -2.44. The Morgan fingerprint density at radius 2 is 1.74 bits per heavy atom. The smallest absolute Gasteiger partial charge is 0.308 e. The van der Waals surface area contributed by atoms with E-state index in [0.717, 1.165) is 19.2 Å². The van der Waals surface area contributed by atoms with E-state index in [2.05, 4.69) is 37.5 Å². The molecule has 1 aliphatic heterocycles. The summed E-state index contributed by atoms with van der Waals surface area (Å²) >= 11 is 0. The number of carbonyl (C=O) groups is 1. The third kappa shape index (κ3) is 6.54. The average Bonchev–Trinajstić information content (AvgIpc) is 3.32. The van der Waals surface area contributed by atoms with Crippen molar-refractivity contribution in [1.29, 1.82) is 0 Å². The summed E-state index contributed by atoms with van der Waals surface area (Å²) in [5.41, 5.74) is 1.85. The lowest BCUT2D eigenvalue weighted by molar-refractivity contribution is -0.138. The molecule has 2 aromatic heterocycles. The van der Waals surface area contributed by atoms with E-state index in [1.165, 1.54) is 12.1 Å². The monoisotopic (exact) mass is 533 g/mol. The van der Waals surface area contributed by atoms with E-state index in [1.54, 1.807) is 47.2 Å². The van der Waals surface area contributed by atoms with Gasteiger partial charge in [0.1, 0.15) is 5.69 Å². The maximum atomic E-state index is 13.9. The summed E-state index contributed by atoms with van der Waals surface area (Å²) in [5, 5.41) is 9.38. The fourth-order valence-corrected chi connectivity index (χ4v) is 4.32. The van der Waals surface area contributed by atoms with E-state index in [9.17, 15) is 18.0 Å². The number of carbonyl (C=O) groups excluding carboxylic acids is 1. The van der Waals surface area contributed by atoms with Crippen LogP contribution in [0.3, 0.4) is 0 Å². The van der Waals surface area contributed by atoms with E-state index in [4.69, 9.17) is 0 Å². The Hall–Kier alpha value is -4.40. The first-order chi connectivity index (χ1) is 18.7. The van der Waals surface area contributed by atoms with Crippen LogP contribution in [0.1, 0.15) is 22.4 Å². The summed E-state index contributed by atoms with van der Waals surface area (Å²) < 4.78 is 43.2. The van der Waals surface area contributed by atoms with Crippen LogP contribution in [0.5, 0.6) is 0 Å². The van der Waals surface area contributed by atoms with E-state index >= 15 is 0 Å². The van der Waals surface area contributed by atoms with E-state index in [-0.39, 0.29) is 17.8 Å². The minimum Gasteiger partial charge on any atom is -0.308 e. The van der Waals surface area contributed by atoms with Gasteiger partial charge in [0.25, 0.3) is 0 Å². The SMILES string of the molecule is CN1CCN(Cc2ccc(NC(=O)Nc3cccc(C#Cc4cnc5cccnn45)c3)cc2C(F)(F)F)CC1. The van der Waals surface area contributed by atoms with Crippen LogP contribution < -0.4 is 10.6 Å². The third-order valence-corrected chi connectivity index (χ3v) is 6.40. The highest BCUT2D eigenvalue weighted by Gasteiger charge is 2.34. The summed E-state index contributed by atoms with van der Waals surface area (Å²) in [4.78, 5) is 21.0. The molecule has 1 fully saturated rings. The maximum Gasteiger partial charge on any atom is 0.416 e. The predicted octanol–water partition coefficient (Wildman–Crippen LogP) is 4.54. The highest BCUT2D eigenvalue weighted by Crippen LogP contribution is 2.34. The van der Waals surface area contributed by atoms with E-state index in [0.29, 0.717) is 35.7 Å². The summed E-state index contributed by atoms with van der Waals surface area (Å²) in [7, 11) is 1.99. The fraction of sp³-hybridized carbons (Fsp3) is 0.250. The molecule has 0 unspecified atom stereocenters. The Morgan fingerprint density at radius 1 is 0.974 bits per heavy atom. The third-order valence-electron chi connectivity index (χ3n) is 6.40. The minimum absolute atomic E-state index is 0.0537. The van der Waals surface area contributed by atoms with Crippen molar-refractivity contribution in [3.63, 3.8) is 0 Å². The number of piperazine rings is 1. The number of rotatable bonds is 4. The van der Waals surface area contributed by atoms with Crippen molar-refractivity contribution in [2.24, 2.45) is 0 Å². The molecule has 3 heterocycles. The van der Waals surface area contributed by atoms with E-state index in [1.807, 2.05) is 18.0 Å². The van der Waals surface area contributed by atoms with Crippen LogP contribution in [0.4, 0.5) is 29.3 Å². The molecule has 11 heteroatoms. The number of fused-ring (bicyclic) bond motifs is 1. The fourth-order valence-electron chi connectivity index (χ4n) is 4.32. The van der Waals surface area contributed by atoms with Crippen LogP contribution in [0.15, 0.2) is 67.0 Å². The molecule has 2 N–H and O–H groups in total. The van der Waals surface area contributed by atoms with Gasteiger partial charge in [0.05, 0.1) is 11.8 Å². The van der Waals surface area contributed by atoms with Crippen molar-refractivity contribution in [3.8, 4) is 11.8 Å². The molecule has 0 saturated carbocycles. The Balaban J connectivity index is 1.26. The van der Waals surface area contributed by atoms with Gasteiger partial charge < -0.3 is 15.5 Å². The number of hydrogen-bond donors (Lipinski definition) is 2. The molecule has 39 heavy (non-hydrogen) atoms. The normalized spacial score (nSPS) is 14.6. The van der Waals surface area contributed by atoms with Gasteiger partial charge in [-0.15, -0.1) is 0 Å². The molecule has 1 saturated heterocycles. The number of hydrogen-bond acceptors (Lipinski definition) is 5. The van der Waals surface area contributed by atoms with Crippen molar-refractivity contribution < 1.29 is 18.0 Å². The van der Waals surface area contributed by atoms with Gasteiger partial charge in [0.2, 0.25) is 0 Å². The summed E-state index contributed by atoms with van der Waals surface area (Å²) in [6, 6.07) is 13.7. The molecule has 4 aromatic rings. The molecule has 2 aromatic carbocycles. The molecule has 5 rings (SSSR count). The highest BCUT2D eigenvalue weighted by molar-refractivity contribution is 5.99. The van der Waals surface area contributed by atoms with Crippen molar-refractivity contribution in [2.45, 2.75) is 12.7 Å². The van der Waals surface area contributed by atoms with Crippen LogP contribution in [0.2, 0.25) is 0 Å². The molecule has 1 aliphatic rings. The van der Waals surface area contributed by atoms with Crippen LogP contribution in [-0.4, -0.2) is 63.7 Å². The number of anilines is 2. The predicted molar refractivity (Wildman–Crippen MR) is 142 cm³/mol. The van der Waals surface area contributed by atoms with Gasteiger partial charge in [-0.1, -0.05) is 18.1 Å². The number of urea groups is 1. The molecule has 200 valence electrons. The molecule has 0 radical (unpaired) electrons. The molecule has 8 nitrogen and oxygen atoms in total. The van der Waals surface area contributed by atoms with Gasteiger partial charge in [0, 0.05) is 55.9 Å². The average molecular weight is 534 g/mol. The van der Waals surface area contributed by atoms with E-state index < -0.39 is 17.8 Å². The number of nitrogens with one attached hydrogen (secondary N) is 2. The summed E-state index contributed by atoms with van der Waals surface area (Å²) in [6.45, 7) is 3.23. The zero-order valence-corrected chi connectivity index (χ0v) is 21.2. The molecular weight excluding hydrogens is 507 g/mol. The molecule has 2 amide bonds. The first-order valence-electron chi connectivity index (χ1n) is 12.3. The number of likely N-dealkylation sites (N-methyl/N-ethyl adjacent to an activating group) is 1. The van der Waals surface area contributed by atoms with Gasteiger partial charge in [-0.05, 0) is 61.0 Å². The number of imidazole rings is 1. The standard InChI is InChI=1S/C28H26F3N7O/c1-36-12-14-37(15-13-36)19-21-8-9-23(17-25(21)28(29,30)31)35-27(39)34-22-5-2-4-20(16-22)7-10-24-18-32-26-6-3-11-33-38(24)26/h2-6,8-9,11,16-18H,12-15,19H2,1H3,(H2,34,35,39). The Bertz CT molecular complexity index is 1550. The zero-order chi connectivity index (χ0) is 27.4. The number of nitrogens with zero attached hydrogens (tertiary/aromatic N) is 5. The second kappa shape index (κ2) is 11.1. The molecule has 0 spiro atoms. The molecular formula is C28H26F3N7O. The number of alkyl halides is 3. The van der Waals surface area contributed by atoms with Crippen LogP contribution in [0, 0.1) is 11.8 Å². The minimum atomic E-state index is -4.54. The van der Waals surface area contributed by atoms with Crippen molar-refractivity contribution in [2.75, 3.05) is 43.9 Å². The quantitative estimate of drug-likeness (QED) is 0.377. The zero-order valence-electron chi connectivity index (χ0n) is 21.2. The van der Waals surface area contributed by atoms with Crippen molar-refractivity contribution in [3.05, 3.63) is 89.4 Å². The number of benzene rings is 2. The molecule has 0 aliphatic carbocycles. The van der Waals surface area contributed by atoms with Crippen LogP contribution in [-0.2, 0) is 12.7 Å². The van der Waals surface area contributed by atoms with Crippen LogP contribution in [0.25, 0.3) is 5.65 Å². The van der Waals surface area contributed by atoms with Gasteiger partial charge in [0.15, 0.2) is 5.65 Å². The second-order valence-electron chi connectivity index (χ2n) is 9.30. The summed E-state index contributed by atoms with van der Waals surface area (Å²) in [5.74, 6) is 6.02. The largest absolute Gasteiger partial charge is 0.416 e. The first-order valence-corrected chi connectivity index (χ1v) is 12.3. The van der Waals surface area contributed by atoms with Crippen molar-refractivity contribution in [1.82, 2.24) is 24.4 Å². The number of aromatic nitrogens is 3. The van der Waals surface area contributed by atoms with Crippen LogP contribution >= 0.6 is 0 Å². The Morgan fingerprint density at radius 3 is 2.51 bits per heavy atom. The maximum absolute atomic E-state index is 13.9. The number of halogens is 3. The molecule has 0 atom stereocenters. The second-order valence-corrected chi connectivity index (χ2v) is 9.30. The van der Waals surface area contributed by atoms with Gasteiger partial charge in [-0.3, -0.25) is 4.90 Å². The van der Waals surface area contributed by atoms with Gasteiger partial charge >= 0.3 is 12.2 Å². The summed E-state index contributed by atoms with van der Waals surface area (Å²) in [6.07, 6.45) is -1.28. The van der Waals surface area contributed by atoms with Gasteiger partial charge in [-0.2, -0.15) is 18.3 Å². The topological polar surface area (TPSA) is 77.8 Å². The first kappa shape index (κ1) is 26.2. The van der Waals surface area contributed by atoms with Crippen molar-refractivity contribution >= 4 is 23.1 Å². The lowest BCUT2D eigenvalue weighted by Gasteiger charge is -2.33. The molecule has 0 bridgehead atoms. The Kier molecular flexibility index (Phi) is 7.49. The highest BCUT2D eigenvalue weighted by atomic mass is 19.4. The lowest BCUT2D eigenvalue weighted by atomic mass is 10.0. The Labute approximate surface area is 223 Å². The van der Waals surface area contributed by atoms with Gasteiger partial charge in [-0.25, -0.2) is 14.3 Å².